The molecule has 2 rings (SSSR count). The number of rotatable bonds is 4. The first kappa shape index (κ1) is 15.5. The molecule has 0 aromatic heterocycles. The molecular formula is C16H21NO4. The van der Waals surface area contributed by atoms with E-state index >= 15 is 0 Å². The third-order valence-electron chi connectivity index (χ3n) is 4.05. The van der Waals surface area contributed by atoms with E-state index in [9.17, 15) is 14.7 Å². The summed E-state index contributed by atoms with van der Waals surface area (Å²) < 4.78 is 5.21. The van der Waals surface area contributed by atoms with Crippen LogP contribution in [0.4, 0.5) is 0 Å². The molecule has 0 bridgehead atoms. The molecule has 1 fully saturated rings. The molecule has 1 aromatic carbocycles. The minimum Gasteiger partial charge on any atom is -0.480 e. The zero-order chi connectivity index (χ0) is 15.6. The fourth-order valence-corrected chi connectivity index (χ4v) is 2.73. The van der Waals surface area contributed by atoms with Gasteiger partial charge in [0.05, 0.1) is 12.5 Å². The number of carbonyl (C=O) groups is 2. The van der Waals surface area contributed by atoms with Crippen LogP contribution in [-0.4, -0.2) is 47.7 Å². The number of carboxylic acids is 1. The number of hydrogen-bond acceptors (Lipinski definition) is 3. The highest BCUT2D eigenvalue weighted by molar-refractivity contribution is 5.86. The van der Waals surface area contributed by atoms with E-state index in [4.69, 9.17) is 4.74 Å². The lowest BCUT2D eigenvalue weighted by molar-refractivity contribution is -0.148. The average Bonchev–Trinajstić information content (AvgIpc) is 2.87. The van der Waals surface area contributed by atoms with Crippen molar-refractivity contribution in [3.05, 3.63) is 34.9 Å². The van der Waals surface area contributed by atoms with Crippen LogP contribution in [0.15, 0.2) is 18.2 Å². The van der Waals surface area contributed by atoms with Gasteiger partial charge < -0.3 is 14.7 Å². The van der Waals surface area contributed by atoms with Crippen molar-refractivity contribution in [3.63, 3.8) is 0 Å². The maximum Gasteiger partial charge on any atom is 0.326 e. The average molecular weight is 291 g/mol. The first-order valence-electron chi connectivity index (χ1n) is 7.03. The summed E-state index contributed by atoms with van der Waals surface area (Å²) in [7, 11) is 1.54. The first-order valence-corrected chi connectivity index (χ1v) is 7.03. The number of amides is 1. The van der Waals surface area contributed by atoms with Crippen LogP contribution in [-0.2, 0) is 20.7 Å². The van der Waals surface area contributed by atoms with Gasteiger partial charge >= 0.3 is 5.97 Å². The molecule has 114 valence electrons. The molecule has 0 spiro atoms. The van der Waals surface area contributed by atoms with Crippen LogP contribution in [0.3, 0.4) is 0 Å². The van der Waals surface area contributed by atoms with Crippen LogP contribution in [0.25, 0.3) is 0 Å². The lowest BCUT2D eigenvalue weighted by Gasteiger charge is -2.21. The predicted octanol–water partition coefficient (Wildman–Crippen LogP) is 1.55. The van der Waals surface area contributed by atoms with Gasteiger partial charge in [-0.1, -0.05) is 23.8 Å². The van der Waals surface area contributed by atoms with Gasteiger partial charge in [0, 0.05) is 20.1 Å². The Morgan fingerprint density at radius 3 is 2.71 bits per heavy atom. The molecule has 5 nitrogen and oxygen atoms in total. The number of benzene rings is 1. The summed E-state index contributed by atoms with van der Waals surface area (Å²) in [4.78, 5) is 25.2. The zero-order valence-corrected chi connectivity index (χ0v) is 12.6. The lowest BCUT2D eigenvalue weighted by atomic mass is 10.0. The highest BCUT2D eigenvalue weighted by Crippen LogP contribution is 2.22. The lowest BCUT2D eigenvalue weighted by Crippen LogP contribution is -2.41. The van der Waals surface area contributed by atoms with Crippen molar-refractivity contribution in [2.24, 2.45) is 0 Å². The number of likely N-dealkylation sites (tertiary alicyclic amines) is 1. The summed E-state index contributed by atoms with van der Waals surface area (Å²) in [5.41, 5.74) is 3.09. The van der Waals surface area contributed by atoms with E-state index in [0.29, 0.717) is 13.0 Å². The van der Waals surface area contributed by atoms with Crippen LogP contribution in [0.2, 0.25) is 0 Å². The summed E-state index contributed by atoms with van der Waals surface area (Å²) in [6.45, 7) is 4.28. The van der Waals surface area contributed by atoms with Crippen LogP contribution >= 0.6 is 0 Å². The summed E-state index contributed by atoms with van der Waals surface area (Å²) in [6, 6.07) is 5.18. The minimum absolute atomic E-state index is 0.157. The van der Waals surface area contributed by atoms with E-state index in [2.05, 4.69) is 0 Å². The van der Waals surface area contributed by atoms with E-state index in [1.807, 2.05) is 32.0 Å². The molecule has 2 atom stereocenters. The predicted molar refractivity (Wildman–Crippen MR) is 78.2 cm³/mol. The highest BCUT2D eigenvalue weighted by Gasteiger charge is 2.39. The van der Waals surface area contributed by atoms with Crippen molar-refractivity contribution < 1.29 is 19.4 Å². The van der Waals surface area contributed by atoms with Gasteiger partial charge in [-0.3, -0.25) is 4.79 Å². The van der Waals surface area contributed by atoms with Gasteiger partial charge in [-0.2, -0.15) is 0 Å². The summed E-state index contributed by atoms with van der Waals surface area (Å²) in [6.07, 6.45) is 0.381. The SMILES string of the molecule is COC1CC(C(=O)O)N(C(=O)Cc2cc(C)ccc2C)C1. The Hall–Kier alpha value is -1.88. The molecule has 1 aliphatic heterocycles. The standard InChI is InChI=1S/C16H21NO4/c1-10-4-5-11(2)12(6-10)7-15(18)17-9-13(21-3)8-14(17)16(19)20/h4-6,13-14H,7-9H2,1-3H3,(H,19,20). The van der Waals surface area contributed by atoms with Gasteiger partial charge in [0.25, 0.3) is 0 Å². The Labute approximate surface area is 124 Å². The molecule has 1 N–H and O–H groups in total. The van der Waals surface area contributed by atoms with E-state index < -0.39 is 12.0 Å². The van der Waals surface area contributed by atoms with E-state index in [0.717, 1.165) is 16.7 Å². The smallest absolute Gasteiger partial charge is 0.326 e. The van der Waals surface area contributed by atoms with Gasteiger partial charge in [-0.15, -0.1) is 0 Å². The Morgan fingerprint density at radius 2 is 2.10 bits per heavy atom. The quantitative estimate of drug-likeness (QED) is 0.914. The van der Waals surface area contributed by atoms with E-state index in [1.54, 1.807) is 7.11 Å². The molecule has 1 saturated heterocycles. The van der Waals surface area contributed by atoms with Gasteiger partial charge in [0.2, 0.25) is 5.91 Å². The number of methoxy groups -OCH3 is 1. The molecule has 1 amide bonds. The fourth-order valence-electron chi connectivity index (χ4n) is 2.73. The number of carboxylic acid groups (broad SMARTS) is 1. The minimum atomic E-state index is -0.969. The molecule has 0 aliphatic carbocycles. The summed E-state index contributed by atoms with van der Waals surface area (Å²) in [5, 5.41) is 9.26. The normalized spacial score (nSPS) is 21.6. The maximum absolute atomic E-state index is 12.5. The van der Waals surface area contributed by atoms with Gasteiger partial charge in [0.1, 0.15) is 6.04 Å². The van der Waals surface area contributed by atoms with Crippen LogP contribution in [0.1, 0.15) is 23.1 Å². The van der Waals surface area contributed by atoms with Crippen molar-refractivity contribution in [3.8, 4) is 0 Å². The Bertz CT molecular complexity index is 555. The van der Waals surface area contributed by atoms with Crippen molar-refractivity contribution in [1.82, 2.24) is 4.90 Å². The van der Waals surface area contributed by atoms with E-state index in [1.165, 1.54) is 4.90 Å². The molecule has 0 radical (unpaired) electrons. The second kappa shape index (κ2) is 6.26. The topological polar surface area (TPSA) is 66.8 Å². The number of aryl methyl sites for hydroxylation is 2. The molecule has 1 aromatic rings. The Balaban J connectivity index is 2.15. The molecule has 5 heteroatoms. The monoisotopic (exact) mass is 291 g/mol. The first-order chi connectivity index (χ1) is 9.92. The third-order valence-corrected chi connectivity index (χ3v) is 4.05. The number of carbonyl (C=O) groups excluding carboxylic acids is 1. The van der Waals surface area contributed by atoms with Gasteiger partial charge in [-0.25, -0.2) is 4.79 Å². The molecule has 0 saturated carbocycles. The number of aliphatic carboxylic acids is 1. The van der Waals surface area contributed by atoms with Crippen LogP contribution in [0, 0.1) is 13.8 Å². The molecule has 2 unspecified atom stereocenters. The fraction of sp³-hybridized carbons (Fsp3) is 0.500. The van der Waals surface area contributed by atoms with Gasteiger partial charge in [-0.05, 0) is 25.0 Å². The third kappa shape index (κ3) is 3.42. The second-order valence-corrected chi connectivity index (χ2v) is 5.60. The van der Waals surface area contributed by atoms with Crippen molar-refractivity contribution in [1.29, 1.82) is 0 Å². The van der Waals surface area contributed by atoms with Crippen LogP contribution in [0.5, 0.6) is 0 Å². The zero-order valence-electron chi connectivity index (χ0n) is 12.6. The summed E-state index contributed by atoms with van der Waals surface area (Å²) in [5.74, 6) is -1.13. The molecule has 1 heterocycles. The van der Waals surface area contributed by atoms with Crippen molar-refractivity contribution >= 4 is 11.9 Å². The van der Waals surface area contributed by atoms with E-state index in [-0.39, 0.29) is 18.4 Å². The number of ether oxygens (including phenoxy) is 1. The molecule has 1 aliphatic rings. The second-order valence-electron chi connectivity index (χ2n) is 5.60. The van der Waals surface area contributed by atoms with Crippen molar-refractivity contribution in [2.75, 3.05) is 13.7 Å². The molecule has 21 heavy (non-hydrogen) atoms. The maximum atomic E-state index is 12.5. The number of nitrogens with zero attached hydrogens (tertiary/aromatic N) is 1. The van der Waals surface area contributed by atoms with Crippen LogP contribution < -0.4 is 0 Å². The molecular weight excluding hydrogens is 270 g/mol. The Kier molecular flexibility index (Phi) is 4.63. The summed E-state index contributed by atoms with van der Waals surface area (Å²) >= 11 is 0. The van der Waals surface area contributed by atoms with Crippen molar-refractivity contribution in [2.45, 2.75) is 38.8 Å². The number of hydrogen-bond donors (Lipinski definition) is 1. The van der Waals surface area contributed by atoms with Gasteiger partial charge in [0.15, 0.2) is 0 Å². The Morgan fingerprint density at radius 1 is 1.38 bits per heavy atom. The largest absolute Gasteiger partial charge is 0.480 e. The highest BCUT2D eigenvalue weighted by atomic mass is 16.5.